The maximum Gasteiger partial charge on any atom is 0.242 e. The number of nitrogens with two attached hydrogens (primary N) is 4. The first kappa shape index (κ1) is 66.3. The zero-order valence-corrected chi connectivity index (χ0v) is 46.0. The maximum absolute atomic E-state index is 15.2. The van der Waals surface area contributed by atoms with E-state index in [4.69, 9.17) is 26.8 Å². The number of nitrogens with one attached hydrogen (secondary N) is 1. The molecule has 0 spiro atoms. The van der Waals surface area contributed by atoms with Gasteiger partial charge in [0, 0.05) is 44.2 Å². The van der Waals surface area contributed by atoms with Crippen molar-refractivity contribution in [1.29, 1.82) is 0 Å². The quantitative estimate of drug-likeness (QED) is 0.0596. The zero-order valence-electron chi connectivity index (χ0n) is 46.0. The Balaban J connectivity index is 0.00000326. The predicted molar refractivity (Wildman–Crippen MR) is 304 cm³/mol. The average Bonchev–Trinajstić information content (AvgIpc) is 4.01. The Morgan fingerprint density at radius 3 is 1.61 bits per heavy atom. The molecule has 18 heteroatoms. The number of carbonyl (C=O) groups excluding carboxylic acids is 8. The van der Waals surface area contributed by atoms with Gasteiger partial charge in [-0.2, -0.15) is 0 Å². The molecule has 1 fully saturated rings. The minimum Gasteiger partial charge on any atom is -0.368 e. The van der Waals surface area contributed by atoms with Crippen molar-refractivity contribution in [3.63, 3.8) is 0 Å². The Morgan fingerprint density at radius 1 is 0.610 bits per heavy atom. The van der Waals surface area contributed by atoms with Gasteiger partial charge in [0.25, 0.3) is 0 Å². The van der Waals surface area contributed by atoms with E-state index in [1.165, 1.54) is 16.8 Å². The zero-order chi connectivity index (χ0) is 57.0. The van der Waals surface area contributed by atoms with Crippen molar-refractivity contribution in [3.8, 4) is 0 Å². The molecule has 18 nitrogen and oxygen atoms in total. The SMILES string of the molecule is C=O.C=O.CN.Cc1ccc(CCN(CC(=O)N(CC(=O)N(CC(=O)N(CCCCN)CC(=O)N(CCCCN)CC(N)=O)C2CCCC2)CC(c2ccccc2)c2ccccc2)C(=O)CNC(C)C2=CCCC=C2)cc1. The van der Waals surface area contributed by atoms with Crippen LogP contribution >= 0.6 is 0 Å². The van der Waals surface area contributed by atoms with Gasteiger partial charge in [0.15, 0.2) is 0 Å². The molecule has 1 saturated carbocycles. The molecule has 0 aromatic heterocycles. The lowest BCUT2D eigenvalue weighted by Gasteiger charge is -2.35. The number of hydrogen-bond acceptors (Lipinski definition) is 12. The second-order valence-corrected chi connectivity index (χ2v) is 19.0. The summed E-state index contributed by atoms with van der Waals surface area (Å²) in [4.78, 5) is 108. The number of rotatable bonds is 30. The first-order valence-electron chi connectivity index (χ1n) is 26.9. The molecule has 422 valence electrons. The van der Waals surface area contributed by atoms with Gasteiger partial charge in [-0.3, -0.25) is 28.8 Å². The first-order chi connectivity index (χ1) is 37.4. The van der Waals surface area contributed by atoms with Crippen molar-refractivity contribution >= 4 is 49.0 Å². The molecule has 1 atom stereocenters. The first-order valence-corrected chi connectivity index (χ1v) is 26.9. The summed E-state index contributed by atoms with van der Waals surface area (Å²) < 4.78 is 0. The molecule has 2 aliphatic carbocycles. The molecule has 2 aliphatic rings. The third-order valence-electron chi connectivity index (χ3n) is 13.6. The van der Waals surface area contributed by atoms with Crippen molar-refractivity contribution in [2.24, 2.45) is 22.9 Å². The second kappa shape index (κ2) is 38.6. The largest absolute Gasteiger partial charge is 0.368 e. The number of primary amides is 1. The number of carbonyl (C=O) groups is 8. The van der Waals surface area contributed by atoms with Gasteiger partial charge in [-0.1, -0.05) is 122 Å². The van der Waals surface area contributed by atoms with E-state index in [0.29, 0.717) is 58.0 Å². The molecule has 0 aliphatic heterocycles. The van der Waals surface area contributed by atoms with E-state index in [1.807, 2.05) is 112 Å². The Labute approximate surface area is 457 Å². The van der Waals surface area contributed by atoms with Crippen molar-refractivity contribution < 1.29 is 38.4 Å². The van der Waals surface area contributed by atoms with E-state index in [1.54, 1.807) is 14.7 Å². The maximum atomic E-state index is 15.2. The molecule has 9 N–H and O–H groups in total. The van der Waals surface area contributed by atoms with E-state index in [2.05, 4.69) is 29.3 Å². The van der Waals surface area contributed by atoms with E-state index < -0.39 is 29.5 Å². The van der Waals surface area contributed by atoms with Crippen molar-refractivity contribution in [1.82, 2.24) is 29.8 Å². The summed E-state index contributed by atoms with van der Waals surface area (Å²) in [6.45, 7) is 8.26. The highest BCUT2D eigenvalue weighted by molar-refractivity contribution is 5.92. The second-order valence-electron chi connectivity index (χ2n) is 19.0. The highest BCUT2D eigenvalue weighted by Crippen LogP contribution is 2.28. The fourth-order valence-electron chi connectivity index (χ4n) is 9.31. The standard InChI is InChI=1S/C56H79N9O6.CH5N.2CH2O/c1-43-26-28-45(29-27-43)30-35-63(52(67)36-60-44(2)46-18-6-3-7-19-46)40-54(69)64(37-50(47-20-8-4-9-21-47)48-22-10-5-11-23-48)41-56(71)65(49-24-12-13-25-49)42-55(70)62(34-17-15-32-58)39-53(68)61(38-51(59)66)33-16-14-31-57;3*1-2/h4-6,8-11,18-23,26-29,44,49-50,60H,3,7,12-17,24-25,30-42,57-58H2,1-2H3,(H2,59,66);2H2,1H3;2*1H2. The van der Waals surface area contributed by atoms with Crippen LogP contribution < -0.4 is 28.3 Å². The molecule has 0 radical (unpaired) electrons. The van der Waals surface area contributed by atoms with Crippen LogP contribution in [0.5, 0.6) is 0 Å². The number of aryl methyl sites for hydroxylation is 1. The Kier molecular flexibility index (Phi) is 33.3. The number of unbranched alkanes of at least 4 members (excludes halogenated alkanes) is 2. The highest BCUT2D eigenvalue weighted by Gasteiger charge is 2.34. The monoisotopic (exact) mass is 1060 g/mol. The highest BCUT2D eigenvalue weighted by atomic mass is 16.2. The van der Waals surface area contributed by atoms with Crippen LogP contribution in [0.15, 0.2) is 109 Å². The van der Waals surface area contributed by atoms with Crippen molar-refractivity contribution in [3.05, 3.63) is 131 Å². The summed E-state index contributed by atoms with van der Waals surface area (Å²) in [6, 6.07) is 27.5. The van der Waals surface area contributed by atoms with Gasteiger partial charge >= 0.3 is 0 Å². The van der Waals surface area contributed by atoms with Crippen LogP contribution in [0.3, 0.4) is 0 Å². The summed E-state index contributed by atoms with van der Waals surface area (Å²) in [6.07, 6.45) is 14.3. The van der Waals surface area contributed by atoms with Gasteiger partial charge in [-0.25, -0.2) is 0 Å². The molecular weight excluding hydrogens is 977 g/mol. The molecule has 3 aromatic carbocycles. The summed E-state index contributed by atoms with van der Waals surface area (Å²) in [5.74, 6) is -2.87. The molecule has 5 rings (SSSR count). The van der Waals surface area contributed by atoms with Gasteiger partial charge in [0.2, 0.25) is 35.4 Å². The van der Waals surface area contributed by atoms with Crippen LogP contribution in [0.25, 0.3) is 0 Å². The summed E-state index contributed by atoms with van der Waals surface area (Å²) in [5.41, 5.74) is 26.8. The number of amides is 6. The van der Waals surface area contributed by atoms with Gasteiger partial charge in [-0.15, -0.1) is 0 Å². The smallest absolute Gasteiger partial charge is 0.242 e. The molecule has 77 heavy (non-hydrogen) atoms. The molecule has 0 heterocycles. The fraction of sp³-hybridized carbons (Fsp3) is 0.492. The Morgan fingerprint density at radius 2 is 1.10 bits per heavy atom. The third-order valence-corrected chi connectivity index (χ3v) is 13.6. The van der Waals surface area contributed by atoms with Crippen LogP contribution in [0.1, 0.15) is 99.3 Å². The summed E-state index contributed by atoms with van der Waals surface area (Å²) >= 11 is 0. The van der Waals surface area contributed by atoms with E-state index in [-0.39, 0.29) is 89.4 Å². The van der Waals surface area contributed by atoms with Gasteiger partial charge in [0.05, 0.1) is 32.7 Å². The van der Waals surface area contributed by atoms with E-state index >= 15 is 9.59 Å². The predicted octanol–water partition coefficient (Wildman–Crippen LogP) is 3.88. The number of allylic oxidation sites excluding steroid dienone is 2. The molecule has 0 bridgehead atoms. The summed E-state index contributed by atoms with van der Waals surface area (Å²) in [5, 5.41) is 3.39. The lowest BCUT2D eigenvalue weighted by Crippen LogP contribution is -2.54. The van der Waals surface area contributed by atoms with Crippen LogP contribution in [0, 0.1) is 6.92 Å². The fourth-order valence-corrected chi connectivity index (χ4v) is 9.31. The number of nitrogens with zero attached hydrogens (tertiary/aromatic N) is 5. The minimum absolute atomic E-state index is 0.0129. The minimum atomic E-state index is -0.666. The molecule has 0 saturated heterocycles. The van der Waals surface area contributed by atoms with Gasteiger partial charge in [-0.05, 0) is 114 Å². The molecule has 6 amide bonds. The topological polar surface area (TPSA) is 269 Å². The van der Waals surface area contributed by atoms with Gasteiger partial charge in [0.1, 0.15) is 20.1 Å². The average molecular weight is 1070 g/mol. The normalized spacial score (nSPS) is 13.0. The van der Waals surface area contributed by atoms with Crippen molar-refractivity contribution in [2.75, 3.05) is 85.6 Å². The molecule has 3 aromatic rings. The van der Waals surface area contributed by atoms with Crippen LogP contribution in [0.4, 0.5) is 0 Å². The number of hydrogen-bond donors (Lipinski definition) is 5. The lowest BCUT2D eigenvalue weighted by atomic mass is 9.90. The Hall–Kier alpha value is -6.86. The van der Waals surface area contributed by atoms with Crippen LogP contribution in [0.2, 0.25) is 0 Å². The number of benzene rings is 3. The van der Waals surface area contributed by atoms with Gasteiger partial charge < -0.3 is 62.3 Å². The third kappa shape index (κ3) is 23.9. The Bertz CT molecular complexity index is 2220. The molecular formula is C59H88N10O8. The van der Waals surface area contributed by atoms with E-state index in [0.717, 1.165) is 53.5 Å². The summed E-state index contributed by atoms with van der Waals surface area (Å²) in [7, 11) is 1.50. The van der Waals surface area contributed by atoms with Crippen LogP contribution in [-0.2, 0) is 44.8 Å². The van der Waals surface area contributed by atoms with Crippen LogP contribution in [-0.4, -0.2) is 171 Å². The molecule has 1 unspecified atom stereocenters. The van der Waals surface area contributed by atoms with E-state index in [9.17, 15) is 19.2 Å². The lowest BCUT2D eigenvalue weighted by molar-refractivity contribution is -0.148. The van der Waals surface area contributed by atoms with Crippen molar-refractivity contribution in [2.45, 2.75) is 102 Å².